The van der Waals surface area contributed by atoms with Crippen LogP contribution in [0.2, 0.25) is 5.02 Å². The van der Waals surface area contributed by atoms with Gasteiger partial charge in [-0.05, 0) is 60.7 Å². The minimum Gasteiger partial charge on any atom is -0.495 e. The second-order valence-corrected chi connectivity index (χ2v) is 9.98. The molecule has 1 heterocycles. The average Bonchev–Trinajstić information content (AvgIpc) is 3.33. The van der Waals surface area contributed by atoms with E-state index >= 15 is 0 Å². The van der Waals surface area contributed by atoms with E-state index in [0.717, 1.165) is 10.1 Å². The number of rotatable bonds is 7. The molecule has 0 aliphatic heterocycles. The van der Waals surface area contributed by atoms with E-state index in [1.807, 2.05) is 31.2 Å². The van der Waals surface area contributed by atoms with Crippen LogP contribution in [0.25, 0.3) is 10.9 Å². The molecule has 4 aromatic rings. The maximum Gasteiger partial charge on any atom is 0.332 e. The van der Waals surface area contributed by atoms with Gasteiger partial charge in [0, 0.05) is 11.1 Å². The van der Waals surface area contributed by atoms with E-state index in [9.17, 15) is 19.2 Å². The number of nitrogens with one attached hydrogen (secondary N) is 2. The predicted molar refractivity (Wildman–Crippen MR) is 150 cm³/mol. The van der Waals surface area contributed by atoms with Gasteiger partial charge < -0.3 is 15.4 Å². The molecule has 1 aliphatic rings. The Kier molecular flexibility index (Phi) is 7.26. The molecule has 0 bridgehead atoms. The molecule has 200 valence electrons. The summed E-state index contributed by atoms with van der Waals surface area (Å²) in [4.78, 5) is 52.7. The lowest BCUT2D eigenvalue weighted by atomic mass is 10.1. The van der Waals surface area contributed by atoms with Crippen molar-refractivity contribution >= 4 is 40.0 Å². The van der Waals surface area contributed by atoms with Crippen LogP contribution in [-0.2, 0) is 35.5 Å². The van der Waals surface area contributed by atoms with Gasteiger partial charge in [0.2, 0.25) is 11.8 Å². The monoisotopic (exact) mass is 546 g/mol. The van der Waals surface area contributed by atoms with Crippen molar-refractivity contribution in [2.45, 2.75) is 38.9 Å². The quantitative estimate of drug-likeness (QED) is 0.370. The van der Waals surface area contributed by atoms with Gasteiger partial charge in [-0.15, -0.1) is 0 Å². The number of carbonyl (C=O) groups is 2. The summed E-state index contributed by atoms with van der Waals surface area (Å²) < 4.78 is 7.41. The molecule has 0 fully saturated rings. The number of fused-ring (bicyclic) bond motifs is 2. The van der Waals surface area contributed by atoms with Crippen LogP contribution in [0.1, 0.15) is 16.7 Å². The van der Waals surface area contributed by atoms with Gasteiger partial charge in [-0.1, -0.05) is 48.0 Å². The van der Waals surface area contributed by atoms with Crippen molar-refractivity contribution < 1.29 is 14.3 Å². The third kappa shape index (κ3) is 5.31. The number of halogens is 1. The first-order valence-corrected chi connectivity index (χ1v) is 12.9. The van der Waals surface area contributed by atoms with Gasteiger partial charge in [0.25, 0.3) is 5.56 Å². The summed E-state index contributed by atoms with van der Waals surface area (Å²) in [5.74, 6) is -0.561. The molecule has 0 saturated carbocycles. The average molecular weight is 547 g/mol. The first-order valence-electron chi connectivity index (χ1n) is 12.5. The fourth-order valence-corrected chi connectivity index (χ4v) is 5.16. The van der Waals surface area contributed by atoms with E-state index < -0.39 is 36.2 Å². The normalized spacial score (nSPS) is 12.8. The lowest BCUT2D eigenvalue weighted by Gasteiger charge is -2.16. The Balaban J connectivity index is 1.41. The fraction of sp³-hybridized carbons (Fsp3) is 0.241. The molecule has 2 N–H and O–H groups in total. The Hall–Kier alpha value is -4.37. The highest BCUT2D eigenvalue weighted by Gasteiger charge is 2.24. The van der Waals surface area contributed by atoms with Gasteiger partial charge in [0.05, 0.1) is 23.7 Å². The molecule has 1 aromatic heterocycles. The fourth-order valence-electron chi connectivity index (χ4n) is 5.00. The van der Waals surface area contributed by atoms with Crippen molar-refractivity contribution in [1.29, 1.82) is 0 Å². The summed E-state index contributed by atoms with van der Waals surface area (Å²) in [5.41, 5.74) is 2.41. The zero-order valence-electron chi connectivity index (χ0n) is 21.5. The van der Waals surface area contributed by atoms with Crippen molar-refractivity contribution in [3.8, 4) is 5.75 Å². The number of methoxy groups -OCH3 is 1. The number of para-hydroxylation sites is 1. The molecule has 5 rings (SSSR count). The first kappa shape index (κ1) is 26.2. The Morgan fingerprint density at radius 1 is 0.949 bits per heavy atom. The predicted octanol–water partition coefficient (Wildman–Crippen LogP) is 3.06. The van der Waals surface area contributed by atoms with Crippen molar-refractivity contribution in [1.82, 2.24) is 14.5 Å². The Labute approximate surface area is 229 Å². The van der Waals surface area contributed by atoms with E-state index in [2.05, 4.69) is 10.6 Å². The van der Waals surface area contributed by atoms with Crippen molar-refractivity contribution in [3.63, 3.8) is 0 Å². The smallest absolute Gasteiger partial charge is 0.332 e. The Bertz CT molecular complexity index is 1700. The summed E-state index contributed by atoms with van der Waals surface area (Å²) in [7, 11) is 1.47. The van der Waals surface area contributed by atoms with Crippen LogP contribution >= 0.6 is 11.6 Å². The molecular formula is C29H27ClN4O5. The number of hydrogen-bond acceptors (Lipinski definition) is 5. The molecule has 0 atom stereocenters. The highest BCUT2D eigenvalue weighted by atomic mass is 35.5. The molecule has 0 unspecified atom stereocenters. The van der Waals surface area contributed by atoms with Gasteiger partial charge in [-0.2, -0.15) is 0 Å². The van der Waals surface area contributed by atoms with Crippen molar-refractivity contribution in [3.05, 3.63) is 103 Å². The number of benzene rings is 3. The zero-order valence-corrected chi connectivity index (χ0v) is 22.2. The molecule has 9 nitrogen and oxygen atoms in total. The van der Waals surface area contributed by atoms with E-state index in [-0.39, 0.29) is 11.4 Å². The Morgan fingerprint density at radius 3 is 2.28 bits per heavy atom. The van der Waals surface area contributed by atoms with E-state index in [4.69, 9.17) is 16.3 Å². The Morgan fingerprint density at radius 2 is 1.59 bits per heavy atom. The summed E-state index contributed by atoms with van der Waals surface area (Å²) in [6.45, 7) is 0.958. The molecule has 3 aromatic carbocycles. The molecule has 10 heteroatoms. The second-order valence-electron chi connectivity index (χ2n) is 9.57. The van der Waals surface area contributed by atoms with Crippen LogP contribution in [0.4, 0.5) is 5.69 Å². The molecule has 0 spiro atoms. The molecule has 2 amide bonds. The van der Waals surface area contributed by atoms with Gasteiger partial charge in [-0.25, -0.2) is 4.79 Å². The molecule has 0 radical (unpaired) electrons. The van der Waals surface area contributed by atoms with Crippen LogP contribution in [0.3, 0.4) is 0 Å². The van der Waals surface area contributed by atoms with Crippen LogP contribution in [0.15, 0.2) is 70.3 Å². The largest absolute Gasteiger partial charge is 0.495 e. The maximum atomic E-state index is 13.5. The maximum absolute atomic E-state index is 13.5. The third-order valence-corrected chi connectivity index (χ3v) is 7.31. The van der Waals surface area contributed by atoms with Crippen LogP contribution in [0.5, 0.6) is 5.75 Å². The minimum atomic E-state index is -0.757. The van der Waals surface area contributed by atoms with Gasteiger partial charge >= 0.3 is 5.69 Å². The SMILES string of the molecule is COc1cc(C)c(Cl)cc1NC(=O)Cn1c(=O)n(CC(=O)NC2Cc3ccccc3C2)c(=O)c2ccccc21. The molecule has 1 aliphatic carbocycles. The number of nitrogens with zero attached hydrogens (tertiary/aromatic N) is 2. The highest BCUT2D eigenvalue weighted by Crippen LogP contribution is 2.31. The molecule has 39 heavy (non-hydrogen) atoms. The topological polar surface area (TPSA) is 111 Å². The van der Waals surface area contributed by atoms with E-state index in [1.165, 1.54) is 22.8 Å². The van der Waals surface area contributed by atoms with E-state index in [0.29, 0.717) is 34.8 Å². The van der Waals surface area contributed by atoms with Crippen molar-refractivity contribution in [2.24, 2.45) is 0 Å². The van der Waals surface area contributed by atoms with Gasteiger partial charge in [0.15, 0.2) is 0 Å². The summed E-state index contributed by atoms with van der Waals surface area (Å²) in [6.07, 6.45) is 1.37. The second kappa shape index (κ2) is 10.8. The summed E-state index contributed by atoms with van der Waals surface area (Å²) >= 11 is 6.23. The zero-order chi connectivity index (χ0) is 27.7. The summed E-state index contributed by atoms with van der Waals surface area (Å²) in [5, 5.41) is 6.33. The molecular weight excluding hydrogens is 520 g/mol. The molecule has 0 saturated heterocycles. The number of amides is 2. The lowest BCUT2D eigenvalue weighted by molar-refractivity contribution is -0.122. The van der Waals surface area contributed by atoms with Crippen molar-refractivity contribution in [2.75, 3.05) is 12.4 Å². The standard InChI is InChI=1S/C29H27ClN4O5/c1-17-11-25(39-2)23(14-22(17)30)32-27(36)15-33-24-10-6-5-9-21(24)28(37)34(29(33)38)16-26(35)31-20-12-18-7-3-4-8-19(18)13-20/h3-11,14,20H,12-13,15-16H2,1-2H3,(H,31,35)(H,32,36). The minimum absolute atomic E-state index is 0.115. The number of carbonyl (C=O) groups excluding carboxylic acids is 2. The first-order chi connectivity index (χ1) is 18.7. The van der Waals surface area contributed by atoms with Crippen LogP contribution in [0, 0.1) is 6.92 Å². The number of ether oxygens (including phenoxy) is 1. The summed E-state index contributed by atoms with van der Waals surface area (Å²) in [6, 6.07) is 17.6. The van der Waals surface area contributed by atoms with Gasteiger partial charge in [-0.3, -0.25) is 23.5 Å². The van der Waals surface area contributed by atoms with Crippen LogP contribution < -0.4 is 26.6 Å². The highest BCUT2D eigenvalue weighted by molar-refractivity contribution is 6.31. The number of hydrogen-bond donors (Lipinski definition) is 2. The number of aryl methyl sites for hydroxylation is 1. The van der Waals surface area contributed by atoms with Gasteiger partial charge in [0.1, 0.15) is 18.8 Å². The number of anilines is 1. The number of aromatic nitrogens is 2. The van der Waals surface area contributed by atoms with Crippen LogP contribution in [-0.4, -0.2) is 34.1 Å². The third-order valence-electron chi connectivity index (χ3n) is 6.91. The lowest BCUT2D eigenvalue weighted by Crippen LogP contribution is -2.46. The van der Waals surface area contributed by atoms with E-state index in [1.54, 1.807) is 36.4 Å².